The Morgan fingerprint density at radius 1 is 0.938 bits per heavy atom. The van der Waals surface area contributed by atoms with Crippen LogP contribution in [0.25, 0.3) is 0 Å². The number of nitrogens with zero attached hydrogens (tertiary/aromatic N) is 1. The summed E-state index contributed by atoms with van der Waals surface area (Å²) in [4.78, 5) is 5.17. The van der Waals surface area contributed by atoms with E-state index in [4.69, 9.17) is 32.9 Å². The number of hydrogen-bond acceptors (Lipinski definition) is 5. The molecule has 8 heteroatoms. The Labute approximate surface area is 198 Å². The Bertz CT molecular complexity index is 1260. The number of nitrogens with one attached hydrogen (secondary N) is 1. The molecule has 2 unspecified atom stereocenters. The Balaban J connectivity index is 1.79. The minimum atomic E-state index is -3.36. The topological polar surface area (TPSA) is 67.8 Å². The first-order chi connectivity index (χ1) is 15.3. The fourth-order valence-electron chi connectivity index (χ4n) is 3.69. The zero-order valence-corrected chi connectivity index (χ0v) is 19.9. The van der Waals surface area contributed by atoms with Crippen molar-refractivity contribution in [3.05, 3.63) is 93.5 Å². The highest BCUT2D eigenvalue weighted by Gasteiger charge is 2.33. The number of halogens is 2. The van der Waals surface area contributed by atoms with E-state index < -0.39 is 9.84 Å². The van der Waals surface area contributed by atoms with Gasteiger partial charge in [0.05, 0.1) is 23.1 Å². The van der Waals surface area contributed by atoms with E-state index in [1.54, 1.807) is 18.2 Å². The van der Waals surface area contributed by atoms with Gasteiger partial charge in [0.15, 0.2) is 9.84 Å². The molecule has 1 N–H and O–H groups in total. The molecule has 1 heterocycles. The summed E-state index contributed by atoms with van der Waals surface area (Å²) in [5.74, 6) is 1.10. The highest BCUT2D eigenvalue weighted by molar-refractivity contribution is 7.90. The predicted molar refractivity (Wildman–Crippen MR) is 129 cm³/mol. The third-order valence-electron chi connectivity index (χ3n) is 5.25. The summed E-state index contributed by atoms with van der Waals surface area (Å²) >= 11 is 12.2. The van der Waals surface area contributed by atoms with Gasteiger partial charge in [-0.3, -0.25) is 4.99 Å². The van der Waals surface area contributed by atoms with Crippen molar-refractivity contribution in [3.63, 3.8) is 0 Å². The molecule has 0 fully saturated rings. The lowest BCUT2D eigenvalue weighted by Gasteiger charge is -2.20. The lowest BCUT2D eigenvalue weighted by atomic mass is 9.95. The molecule has 0 aliphatic carbocycles. The Kier molecular flexibility index (Phi) is 6.47. The van der Waals surface area contributed by atoms with Crippen LogP contribution < -0.4 is 10.1 Å². The molecule has 0 saturated carbocycles. The fourth-order valence-corrected chi connectivity index (χ4v) is 4.58. The molecule has 1 aliphatic rings. The van der Waals surface area contributed by atoms with Crippen molar-refractivity contribution in [2.24, 2.45) is 4.99 Å². The van der Waals surface area contributed by atoms with Crippen molar-refractivity contribution < 1.29 is 13.2 Å². The van der Waals surface area contributed by atoms with Crippen LogP contribution in [0.2, 0.25) is 10.0 Å². The minimum Gasteiger partial charge on any atom is -0.493 e. The van der Waals surface area contributed by atoms with Gasteiger partial charge in [-0.05, 0) is 60.5 Å². The lowest BCUT2D eigenvalue weighted by Crippen LogP contribution is -2.25. The quantitative estimate of drug-likeness (QED) is 0.488. The maximum Gasteiger partial charge on any atom is 0.175 e. The van der Waals surface area contributed by atoms with E-state index in [0.717, 1.165) is 11.1 Å². The van der Waals surface area contributed by atoms with E-state index in [9.17, 15) is 8.42 Å². The van der Waals surface area contributed by atoms with Gasteiger partial charge in [0, 0.05) is 16.3 Å². The molecule has 0 spiro atoms. The molecule has 2 atom stereocenters. The first-order valence-corrected chi connectivity index (χ1v) is 12.7. The van der Waals surface area contributed by atoms with Crippen LogP contribution in [-0.2, 0) is 9.84 Å². The Hall–Kier alpha value is -2.54. The van der Waals surface area contributed by atoms with E-state index in [0.29, 0.717) is 33.8 Å². The molecule has 3 aromatic carbocycles. The molecule has 0 amide bonds. The highest BCUT2D eigenvalue weighted by Crippen LogP contribution is 2.39. The lowest BCUT2D eigenvalue weighted by molar-refractivity contribution is 0.338. The molecule has 0 bridgehead atoms. The fraction of sp³-hybridized carbons (Fsp3) is 0.208. The van der Waals surface area contributed by atoms with Crippen LogP contribution in [0.3, 0.4) is 0 Å². The van der Waals surface area contributed by atoms with Crippen molar-refractivity contribution in [1.82, 2.24) is 5.32 Å². The summed E-state index contributed by atoms with van der Waals surface area (Å²) in [5.41, 5.74) is 2.73. The summed E-state index contributed by atoms with van der Waals surface area (Å²) in [6.07, 6.45) is 1.18. The molecule has 3 aromatic rings. The summed E-state index contributed by atoms with van der Waals surface area (Å²) in [7, 11) is -3.36. The van der Waals surface area contributed by atoms with Gasteiger partial charge in [-0.2, -0.15) is 0 Å². The van der Waals surface area contributed by atoms with E-state index in [1.807, 2.05) is 55.5 Å². The predicted octanol–water partition coefficient (Wildman–Crippen LogP) is 5.63. The molecule has 4 rings (SSSR count). The summed E-state index contributed by atoms with van der Waals surface area (Å²) in [6.45, 7) is 2.25. The molecular formula is C24H22Cl2N2O3S. The summed E-state index contributed by atoms with van der Waals surface area (Å²) < 4.78 is 29.8. The molecular weight excluding hydrogens is 467 g/mol. The third-order valence-corrected chi connectivity index (χ3v) is 6.87. The maximum atomic E-state index is 12.0. The molecule has 166 valence electrons. The smallest absolute Gasteiger partial charge is 0.175 e. The highest BCUT2D eigenvalue weighted by atomic mass is 35.5. The average Bonchev–Trinajstić information content (AvgIpc) is 3.19. The summed E-state index contributed by atoms with van der Waals surface area (Å²) in [6, 6.07) is 19.7. The van der Waals surface area contributed by atoms with Crippen LogP contribution in [-0.4, -0.2) is 27.1 Å². The standard InChI is InChI=1S/C24H22Cl2N2O3S/c1-3-31-21-14-19(32(2,29)30)12-13-20(21)24-27-22(15-4-8-17(25)9-5-15)23(28-24)16-6-10-18(26)11-7-16/h4-14,22-23H,3H2,1-2H3,(H,27,28). The summed E-state index contributed by atoms with van der Waals surface area (Å²) in [5, 5.41) is 4.82. The molecule has 32 heavy (non-hydrogen) atoms. The van der Waals surface area contributed by atoms with Crippen LogP contribution in [0.5, 0.6) is 5.75 Å². The van der Waals surface area contributed by atoms with Gasteiger partial charge in [-0.15, -0.1) is 0 Å². The molecule has 5 nitrogen and oxygen atoms in total. The second-order valence-electron chi connectivity index (χ2n) is 7.51. The number of sulfone groups is 1. The van der Waals surface area contributed by atoms with Crippen LogP contribution in [0.4, 0.5) is 0 Å². The minimum absolute atomic E-state index is 0.146. The molecule has 1 aliphatic heterocycles. The Morgan fingerprint density at radius 2 is 1.53 bits per heavy atom. The number of ether oxygens (including phenoxy) is 1. The monoisotopic (exact) mass is 488 g/mol. The number of hydrogen-bond donors (Lipinski definition) is 1. The molecule has 0 saturated heterocycles. The number of aliphatic imine (C=N–C) groups is 1. The van der Waals surface area contributed by atoms with E-state index in [1.165, 1.54) is 6.26 Å². The second-order valence-corrected chi connectivity index (χ2v) is 10.4. The average molecular weight is 489 g/mol. The van der Waals surface area contributed by atoms with E-state index in [-0.39, 0.29) is 17.0 Å². The van der Waals surface area contributed by atoms with E-state index in [2.05, 4.69) is 5.32 Å². The molecule has 0 radical (unpaired) electrons. The number of benzene rings is 3. The van der Waals surface area contributed by atoms with Crippen molar-refractivity contribution >= 4 is 38.9 Å². The van der Waals surface area contributed by atoms with Gasteiger partial charge in [0.2, 0.25) is 0 Å². The van der Waals surface area contributed by atoms with Gasteiger partial charge in [-0.1, -0.05) is 47.5 Å². The SMILES string of the molecule is CCOc1cc(S(C)(=O)=O)ccc1C1=NC(c2ccc(Cl)cc2)C(c2ccc(Cl)cc2)N1. The van der Waals surface area contributed by atoms with Crippen molar-refractivity contribution in [3.8, 4) is 5.75 Å². The zero-order valence-electron chi connectivity index (χ0n) is 17.5. The van der Waals surface area contributed by atoms with Crippen LogP contribution in [0.15, 0.2) is 76.6 Å². The van der Waals surface area contributed by atoms with Crippen molar-refractivity contribution in [2.45, 2.75) is 23.9 Å². The largest absolute Gasteiger partial charge is 0.493 e. The van der Waals surface area contributed by atoms with Crippen molar-refractivity contribution in [2.75, 3.05) is 12.9 Å². The van der Waals surface area contributed by atoms with Gasteiger partial charge >= 0.3 is 0 Å². The van der Waals surface area contributed by atoms with E-state index >= 15 is 0 Å². The van der Waals surface area contributed by atoms with Gasteiger partial charge in [0.1, 0.15) is 17.6 Å². The first-order valence-electron chi connectivity index (χ1n) is 10.1. The van der Waals surface area contributed by atoms with Crippen molar-refractivity contribution in [1.29, 1.82) is 0 Å². The van der Waals surface area contributed by atoms with Gasteiger partial charge in [-0.25, -0.2) is 8.42 Å². The first kappa shape index (κ1) is 22.6. The normalized spacial score (nSPS) is 18.2. The van der Waals surface area contributed by atoms with Crippen LogP contribution in [0.1, 0.15) is 35.7 Å². The molecule has 0 aromatic heterocycles. The number of amidine groups is 1. The number of rotatable bonds is 6. The van der Waals surface area contributed by atoms with Crippen LogP contribution in [0, 0.1) is 0 Å². The maximum absolute atomic E-state index is 12.0. The third kappa shape index (κ3) is 4.77. The van der Waals surface area contributed by atoms with Gasteiger partial charge < -0.3 is 10.1 Å². The van der Waals surface area contributed by atoms with Gasteiger partial charge in [0.25, 0.3) is 0 Å². The zero-order chi connectivity index (χ0) is 22.9. The van der Waals surface area contributed by atoms with Crippen LogP contribution >= 0.6 is 23.2 Å². The Morgan fingerprint density at radius 3 is 2.09 bits per heavy atom. The second kappa shape index (κ2) is 9.14.